The maximum absolute atomic E-state index is 13.3. The monoisotopic (exact) mass is 479 g/mol. The molecule has 1 aliphatic rings. The van der Waals surface area contributed by atoms with Gasteiger partial charge < -0.3 is 20.3 Å². The summed E-state index contributed by atoms with van der Waals surface area (Å²) in [5.41, 5.74) is 1.78. The molecule has 2 amide bonds. The molecular weight excluding hydrogens is 438 g/mol. The number of hydrogen-bond acceptors (Lipinski definition) is 4. The van der Waals surface area contributed by atoms with E-state index >= 15 is 0 Å². The number of carbonyl (C=O) groups is 2. The molecule has 1 fully saturated rings. The van der Waals surface area contributed by atoms with Crippen LogP contribution in [0.1, 0.15) is 57.6 Å². The number of benzene rings is 2. The Bertz CT molecular complexity index is 946. The minimum Gasteiger partial charge on any atom is -0.444 e. The van der Waals surface area contributed by atoms with Crippen LogP contribution in [0.3, 0.4) is 0 Å². The molecule has 3 rings (SSSR count). The molecule has 0 aliphatic heterocycles. The molecule has 6 heteroatoms. The average molecular weight is 480 g/mol. The minimum atomic E-state index is -0.697. The first-order valence-electron chi connectivity index (χ1n) is 12.6. The average Bonchev–Trinajstić information content (AvgIpc) is 2.80. The minimum absolute atomic E-state index is 0.0841. The lowest BCUT2D eigenvalue weighted by Gasteiger charge is -2.45. The SMILES string of the molecule is CN(C)C1(Cc2ccccc2)CCC(NC(=O)C(Cc2ccccc2)NC(=O)OC(C)(C)C)CC1. The van der Waals surface area contributed by atoms with E-state index in [1.54, 1.807) is 0 Å². The molecule has 0 radical (unpaired) electrons. The fraction of sp³-hybridized carbons (Fsp3) is 0.517. The third-order valence-electron chi connectivity index (χ3n) is 6.88. The van der Waals surface area contributed by atoms with Gasteiger partial charge in [0.15, 0.2) is 0 Å². The molecule has 0 bridgehead atoms. The largest absolute Gasteiger partial charge is 0.444 e. The first kappa shape index (κ1) is 26.7. The Balaban J connectivity index is 1.64. The molecule has 1 aliphatic carbocycles. The molecule has 35 heavy (non-hydrogen) atoms. The number of nitrogens with zero attached hydrogens (tertiary/aromatic N) is 1. The molecule has 0 aromatic heterocycles. The van der Waals surface area contributed by atoms with Gasteiger partial charge in [0.05, 0.1) is 0 Å². The van der Waals surface area contributed by atoms with Crippen LogP contribution in [0.15, 0.2) is 60.7 Å². The first-order chi connectivity index (χ1) is 16.6. The molecule has 0 heterocycles. The van der Waals surface area contributed by atoms with Gasteiger partial charge in [-0.1, -0.05) is 60.7 Å². The van der Waals surface area contributed by atoms with Crippen molar-refractivity contribution in [2.75, 3.05) is 14.1 Å². The van der Waals surface area contributed by atoms with E-state index in [1.807, 2.05) is 51.1 Å². The Morgan fingerprint density at radius 1 is 0.971 bits per heavy atom. The molecular formula is C29H41N3O3. The third-order valence-corrected chi connectivity index (χ3v) is 6.88. The van der Waals surface area contributed by atoms with Gasteiger partial charge >= 0.3 is 6.09 Å². The number of amides is 2. The van der Waals surface area contributed by atoms with Crippen molar-refractivity contribution in [2.45, 2.75) is 82.5 Å². The van der Waals surface area contributed by atoms with Crippen LogP contribution in [0.25, 0.3) is 0 Å². The lowest BCUT2D eigenvalue weighted by atomic mass is 9.74. The van der Waals surface area contributed by atoms with Gasteiger partial charge in [-0.05, 0) is 78.1 Å². The maximum Gasteiger partial charge on any atom is 0.408 e. The van der Waals surface area contributed by atoms with Crippen molar-refractivity contribution in [3.63, 3.8) is 0 Å². The van der Waals surface area contributed by atoms with E-state index in [0.29, 0.717) is 6.42 Å². The number of hydrogen-bond donors (Lipinski definition) is 2. The molecule has 0 spiro atoms. The normalized spacial score (nSPS) is 21.3. The van der Waals surface area contributed by atoms with Crippen molar-refractivity contribution in [1.29, 1.82) is 0 Å². The Kier molecular flexibility index (Phi) is 8.95. The van der Waals surface area contributed by atoms with Crippen molar-refractivity contribution >= 4 is 12.0 Å². The summed E-state index contributed by atoms with van der Waals surface area (Å²) in [5.74, 6) is -0.162. The zero-order valence-electron chi connectivity index (χ0n) is 21.8. The fourth-order valence-electron chi connectivity index (χ4n) is 4.87. The van der Waals surface area contributed by atoms with Gasteiger partial charge in [0.25, 0.3) is 0 Å². The molecule has 2 N–H and O–H groups in total. The van der Waals surface area contributed by atoms with Crippen molar-refractivity contribution in [2.24, 2.45) is 0 Å². The topological polar surface area (TPSA) is 70.7 Å². The molecule has 1 atom stereocenters. The van der Waals surface area contributed by atoms with E-state index in [4.69, 9.17) is 4.74 Å². The maximum atomic E-state index is 13.3. The first-order valence-corrected chi connectivity index (χ1v) is 12.6. The van der Waals surface area contributed by atoms with Crippen LogP contribution in [-0.4, -0.2) is 54.2 Å². The van der Waals surface area contributed by atoms with Crippen LogP contribution in [0.2, 0.25) is 0 Å². The van der Waals surface area contributed by atoms with E-state index < -0.39 is 17.7 Å². The summed E-state index contributed by atoms with van der Waals surface area (Å²) in [5, 5.41) is 6.02. The predicted octanol–water partition coefficient (Wildman–Crippen LogP) is 4.72. The van der Waals surface area contributed by atoms with Crippen molar-refractivity contribution in [3.8, 4) is 0 Å². The van der Waals surface area contributed by atoms with Crippen LogP contribution in [0, 0.1) is 0 Å². The third kappa shape index (κ3) is 8.10. The predicted molar refractivity (Wildman–Crippen MR) is 140 cm³/mol. The van der Waals surface area contributed by atoms with E-state index in [-0.39, 0.29) is 17.5 Å². The molecule has 1 saturated carbocycles. The number of alkyl carbamates (subject to hydrolysis) is 1. The summed E-state index contributed by atoms with van der Waals surface area (Å²) in [4.78, 5) is 28.1. The van der Waals surface area contributed by atoms with Gasteiger partial charge in [0.2, 0.25) is 5.91 Å². The second kappa shape index (κ2) is 11.7. The Morgan fingerprint density at radius 2 is 1.51 bits per heavy atom. The Morgan fingerprint density at radius 3 is 2.03 bits per heavy atom. The number of carbonyl (C=O) groups excluding carboxylic acids is 2. The van der Waals surface area contributed by atoms with Gasteiger partial charge in [-0.15, -0.1) is 0 Å². The van der Waals surface area contributed by atoms with Gasteiger partial charge in [0, 0.05) is 18.0 Å². The number of likely N-dealkylation sites (N-methyl/N-ethyl adjacent to an activating group) is 1. The standard InChI is InChI=1S/C29H41N3O3/c1-28(2,3)35-27(34)31-25(20-22-12-8-6-9-13-22)26(33)30-24-16-18-29(19-17-24,32(4)5)21-23-14-10-7-11-15-23/h6-15,24-25H,16-21H2,1-5H3,(H,30,33)(H,31,34). The van der Waals surface area contributed by atoms with Gasteiger partial charge in [-0.25, -0.2) is 4.79 Å². The number of nitrogens with one attached hydrogen (secondary N) is 2. The highest BCUT2D eigenvalue weighted by Gasteiger charge is 2.38. The van der Waals surface area contributed by atoms with Crippen molar-refractivity contribution in [1.82, 2.24) is 15.5 Å². The fourth-order valence-corrected chi connectivity index (χ4v) is 4.87. The van der Waals surface area contributed by atoms with E-state index in [9.17, 15) is 9.59 Å². The summed E-state index contributed by atoms with van der Waals surface area (Å²) in [7, 11) is 4.31. The highest BCUT2D eigenvalue weighted by Crippen LogP contribution is 2.35. The van der Waals surface area contributed by atoms with Crippen LogP contribution >= 0.6 is 0 Å². The highest BCUT2D eigenvalue weighted by atomic mass is 16.6. The summed E-state index contributed by atoms with van der Waals surface area (Å²) >= 11 is 0. The van der Waals surface area contributed by atoms with Gasteiger partial charge in [0.1, 0.15) is 11.6 Å². The summed E-state index contributed by atoms with van der Waals surface area (Å²) in [6.07, 6.45) is 4.65. The molecule has 1 unspecified atom stereocenters. The van der Waals surface area contributed by atoms with Crippen LogP contribution in [-0.2, 0) is 22.4 Å². The van der Waals surface area contributed by atoms with Crippen molar-refractivity contribution in [3.05, 3.63) is 71.8 Å². The summed E-state index contributed by atoms with van der Waals surface area (Å²) in [6, 6.07) is 19.7. The second-order valence-corrected chi connectivity index (χ2v) is 11.0. The Hall–Kier alpha value is -2.86. The van der Waals surface area contributed by atoms with E-state index in [2.05, 4.69) is 60.0 Å². The molecule has 190 valence electrons. The summed E-state index contributed by atoms with van der Waals surface area (Å²) < 4.78 is 5.42. The van der Waals surface area contributed by atoms with Gasteiger partial charge in [-0.3, -0.25) is 4.79 Å². The number of ether oxygens (including phenoxy) is 1. The van der Waals surface area contributed by atoms with E-state index in [1.165, 1.54) is 5.56 Å². The van der Waals surface area contributed by atoms with Crippen molar-refractivity contribution < 1.29 is 14.3 Å². The lowest BCUT2D eigenvalue weighted by molar-refractivity contribution is -0.124. The van der Waals surface area contributed by atoms with E-state index in [0.717, 1.165) is 37.7 Å². The quantitative estimate of drug-likeness (QED) is 0.575. The number of rotatable bonds is 8. The molecule has 2 aromatic carbocycles. The van der Waals surface area contributed by atoms with Crippen LogP contribution < -0.4 is 10.6 Å². The lowest BCUT2D eigenvalue weighted by Crippen LogP contribution is -2.55. The zero-order valence-corrected chi connectivity index (χ0v) is 21.8. The molecule has 6 nitrogen and oxygen atoms in total. The smallest absolute Gasteiger partial charge is 0.408 e. The highest BCUT2D eigenvalue weighted by molar-refractivity contribution is 5.86. The zero-order chi connectivity index (χ0) is 25.5. The van der Waals surface area contributed by atoms with Gasteiger partial charge in [-0.2, -0.15) is 0 Å². The summed E-state index contributed by atoms with van der Waals surface area (Å²) in [6.45, 7) is 5.44. The Labute approximate surface area is 210 Å². The van der Waals surface area contributed by atoms with Crippen LogP contribution in [0.5, 0.6) is 0 Å². The second-order valence-electron chi connectivity index (χ2n) is 11.0. The molecule has 2 aromatic rings. The molecule has 0 saturated heterocycles. The van der Waals surface area contributed by atoms with Crippen LogP contribution in [0.4, 0.5) is 4.79 Å².